The number of allylic oxidation sites excluding steroid dienone is 2. The van der Waals surface area contributed by atoms with E-state index in [0.717, 1.165) is 27.7 Å². The SMILES string of the molecule is Cc1cc(NC(=O)CCN2C(=O)C3C4C=CC(C5CC45)C3C2=O)c(C)cc1Br. The third-order valence-electron chi connectivity index (χ3n) is 7.10. The summed E-state index contributed by atoms with van der Waals surface area (Å²) in [4.78, 5) is 39.7. The minimum atomic E-state index is -0.189. The van der Waals surface area contributed by atoms with Gasteiger partial charge in [-0.2, -0.15) is 0 Å². The minimum Gasteiger partial charge on any atom is -0.326 e. The van der Waals surface area contributed by atoms with E-state index in [-0.39, 0.29) is 54.4 Å². The first-order valence-corrected chi connectivity index (χ1v) is 10.8. The standard InChI is InChI=1S/C22H23BrN2O3/c1-10-8-17(11(2)7-16(10)23)24-18(26)5-6-25-21(27)19-12-3-4-13(15-9-14(12)15)20(19)22(25)28/h3-4,7-8,12-15,19-20H,5-6,9H2,1-2H3,(H,24,26). The van der Waals surface area contributed by atoms with Crippen LogP contribution in [0.1, 0.15) is 24.0 Å². The molecule has 0 aromatic heterocycles. The summed E-state index contributed by atoms with van der Waals surface area (Å²) in [5, 5.41) is 2.92. The summed E-state index contributed by atoms with van der Waals surface area (Å²) in [5.74, 6) is 0.957. The number of carbonyl (C=O) groups is 3. The van der Waals surface area contributed by atoms with Crippen molar-refractivity contribution in [3.8, 4) is 0 Å². The Labute approximate surface area is 172 Å². The molecule has 6 rings (SSSR count). The molecule has 0 spiro atoms. The van der Waals surface area contributed by atoms with Crippen molar-refractivity contribution in [3.05, 3.63) is 39.9 Å². The molecule has 1 aromatic carbocycles. The van der Waals surface area contributed by atoms with Gasteiger partial charge in [0.05, 0.1) is 11.8 Å². The van der Waals surface area contributed by atoms with E-state index in [1.165, 1.54) is 4.90 Å². The number of likely N-dealkylation sites (tertiary alicyclic amines) is 1. The number of imide groups is 1. The molecule has 5 nitrogen and oxygen atoms in total. The number of aryl methyl sites for hydroxylation is 2. The van der Waals surface area contributed by atoms with Crippen molar-refractivity contribution in [2.24, 2.45) is 35.5 Å². The molecule has 1 heterocycles. The molecule has 3 fully saturated rings. The fourth-order valence-corrected chi connectivity index (χ4v) is 6.04. The molecule has 1 aromatic rings. The summed E-state index contributed by atoms with van der Waals surface area (Å²) >= 11 is 3.49. The van der Waals surface area contributed by atoms with Crippen molar-refractivity contribution < 1.29 is 14.4 Å². The molecule has 6 heteroatoms. The molecule has 5 aliphatic rings. The van der Waals surface area contributed by atoms with E-state index >= 15 is 0 Å². The Morgan fingerprint density at radius 2 is 1.68 bits per heavy atom. The van der Waals surface area contributed by atoms with Crippen LogP contribution in [-0.4, -0.2) is 29.2 Å². The number of nitrogens with zero attached hydrogens (tertiary/aromatic N) is 1. The lowest BCUT2D eigenvalue weighted by atomic mass is 9.63. The molecule has 6 unspecified atom stereocenters. The Bertz CT molecular complexity index is 904. The number of nitrogens with one attached hydrogen (secondary N) is 1. The average Bonchev–Trinajstić information content (AvgIpc) is 3.43. The normalized spacial score (nSPS) is 34.5. The van der Waals surface area contributed by atoms with Gasteiger partial charge in [-0.3, -0.25) is 19.3 Å². The Morgan fingerprint density at radius 1 is 1.07 bits per heavy atom. The fourth-order valence-electron chi connectivity index (χ4n) is 5.58. The van der Waals surface area contributed by atoms with Gasteiger partial charge in [0.1, 0.15) is 0 Å². The largest absolute Gasteiger partial charge is 0.326 e. The summed E-state index contributed by atoms with van der Waals surface area (Å²) in [5.41, 5.74) is 2.77. The minimum absolute atomic E-state index is 0.0665. The quantitative estimate of drug-likeness (QED) is 0.573. The second-order valence-corrected chi connectivity index (χ2v) is 9.55. The first-order chi connectivity index (χ1) is 13.4. The number of benzene rings is 1. The molecule has 0 radical (unpaired) electrons. The third-order valence-corrected chi connectivity index (χ3v) is 7.95. The lowest BCUT2D eigenvalue weighted by Gasteiger charge is -2.37. The maximum absolute atomic E-state index is 12.9. The molecular weight excluding hydrogens is 420 g/mol. The van der Waals surface area contributed by atoms with E-state index in [1.54, 1.807) is 0 Å². The second kappa shape index (κ2) is 6.28. The third kappa shape index (κ3) is 2.60. The van der Waals surface area contributed by atoms with Crippen molar-refractivity contribution in [1.82, 2.24) is 4.90 Å². The highest BCUT2D eigenvalue weighted by atomic mass is 79.9. The maximum atomic E-state index is 12.9. The van der Waals surface area contributed by atoms with Crippen LogP contribution in [-0.2, 0) is 14.4 Å². The van der Waals surface area contributed by atoms with Crippen LogP contribution in [0, 0.1) is 49.4 Å². The first-order valence-electron chi connectivity index (χ1n) is 9.97. The average molecular weight is 443 g/mol. The van der Waals surface area contributed by atoms with Crippen molar-refractivity contribution >= 4 is 39.3 Å². The highest BCUT2D eigenvalue weighted by molar-refractivity contribution is 9.10. The van der Waals surface area contributed by atoms with Gasteiger partial charge in [0.2, 0.25) is 17.7 Å². The smallest absolute Gasteiger partial charge is 0.233 e. The Kier molecular flexibility index (Phi) is 4.06. The van der Waals surface area contributed by atoms with E-state index in [0.29, 0.717) is 11.8 Å². The zero-order chi connectivity index (χ0) is 19.7. The highest BCUT2D eigenvalue weighted by Crippen LogP contribution is 2.65. The molecule has 2 saturated carbocycles. The summed E-state index contributed by atoms with van der Waals surface area (Å²) < 4.78 is 1.00. The monoisotopic (exact) mass is 442 g/mol. The number of amides is 3. The Balaban J connectivity index is 1.25. The van der Waals surface area contributed by atoms with Gasteiger partial charge in [0.15, 0.2) is 0 Å². The molecule has 3 amide bonds. The Morgan fingerprint density at radius 3 is 2.29 bits per heavy atom. The van der Waals surface area contributed by atoms with Crippen LogP contribution in [0.15, 0.2) is 28.8 Å². The first kappa shape index (κ1) is 18.1. The van der Waals surface area contributed by atoms with E-state index < -0.39 is 0 Å². The molecule has 1 N–H and O–H groups in total. The van der Waals surface area contributed by atoms with Crippen molar-refractivity contribution in [1.29, 1.82) is 0 Å². The summed E-state index contributed by atoms with van der Waals surface area (Å²) in [6.45, 7) is 4.07. The molecule has 6 atom stereocenters. The molecule has 1 aliphatic heterocycles. The molecule has 28 heavy (non-hydrogen) atoms. The van der Waals surface area contributed by atoms with E-state index in [2.05, 4.69) is 33.4 Å². The zero-order valence-corrected chi connectivity index (χ0v) is 17.5. The van der Waals surface area contributed by atoms with Gasteiger partial charge in [-0.25, -0.2) is 0 Å². The molecule has 146 valence electrons. The van der Waals surface area contributed by atoms with Crippen molar-refractivity contribution in [3.63, 3.8) is 0 Å². The van der Waals surface area contributed by atoms with Crippen LogP contribution >= 0.6 is 15.9 Å². The summed E-state index contributed by atoms with van der Waals surface area (Å²) in [6, 6.07) is 3.89. The van der Waals surface area contributed by atoms with Crippen LogP contribution in [0.25, 0.3) is 0 Å². The van der Waals surface area contributed by atoms with Gasteiger partial charge >= 0.3 is 0 Å². The van der Waals surface area contributed by atoms with Gasteiger partial charge < -0.3 is 5.32 Å². The summed E-state index contributed by atoms with van der Waals surface area (Å²) in [7, 11) is 0. The topological polar surface area (TPSA) is 66.5 Å². The predicted molar refractivity (Wildman–Crippen MR) is 108 cm³/mol. The van der Waals surface area contributed by atoms with Crippen LogP contribution in [0.3, 0.4) is 0 Å². The lowest BCUT2D eigenvalue weighted by molar-refractivity contribution is -0.140. The molecule has 2 bridgehead atoms. The fraction of sp³-hybridized carbons (Fsp3) is 0.500. The van der Waals surface area contributed by atoms with Crippen LogP contribution in [0.4, 0.5) is 5.69 Å². The van der Waals surface area contributed by atoms with Crippen LogP contribution < -0.4 is 5.32 Å². The lowest BCUT2D eigenvalue weighted by Crippen LogP contribution is -2.40. The number of carbonyl (C=O) groups excluding carboxylic acids is 3. The molecule has 4 aliphatic carbocycles. The number of hydrogen-bond acceptors (Lipinski definition) is 3. The van der Waals surface area contributed by atoms with Gasteiger partial charge in [0, 0.05) is 23.1 Å². The molecule has 1 saturated heterocycles. The maximum Gasteiger partial charge on any atom is 0.233 e. The van der Waals surface area contributed by atoms with E-state index in [9.17, 15) is 14.4 Å². The van der Waals surface area contributed by atoms with Crippen molar-refractivity contribution in [2.75, 3.05) is 11.9 Å². The predicted octanol–water partition coefficient (Wildman–Crippen LogP) is 3.45. The van der Waals surface area contributed by atoms with Gasteiger partial charge in [-0.05, 0) is 67.2 Å². The number of anilines is 1. The van der Waals surface area contributed by atoms with Crippen molar-refractivity contribution in [2.45, 2.75) is 26.7 Å². The Hall–Kier alpha value is -1.95. The summed E-state index contributed by atoms with van der Waals surface area (Å²) in [6.07, 6.45) is 5.62. The van der Waals surface area contributed by atoms with Crippen LogP contribution in [0.2, 0.25) is 0 Å². The van der Waals surface area contributed by atoms with Gasteiger partial charge in [0.25, 0.3) is 0 Å². The number of halogens is 1. The number of rotatable bonds is 4. The van der Waals surface area contributed by atoms with Gasteiger partial charge in [-0.15, -0.1) is 0 Å². The highest BCUT2D eigenvalue weighted by Gasteiger charge is 2.66. The zero-order valence-electron chi connectivity index (χ0n) is 15.9. The van der Waals surface area contributed by atoms with Gasteiger partial charge in [-0.1, -0.05) is 28.1 Å². The number of hydrogen-bond donors (Lipinski definition) is 1. The van der Waals surface area contributed by atoms with E-state index in [4.69, 9.17) is 0 Å². The second-order valence-electron chi connectivity index (χ2n) is 8.70. The van der Waals surface area contributed by atoms with Crippen LogP contribution in [0.5, 0.6) is 0 Å². The van der Waals surface area contributed by atoms with E-state index in [1.807, 2.05) is 26.0 Å². The molecular formula is C22H23BrN2O3.